The Bertz CT molecular complexity index is 1200. The molecular weight excluding hydrogens is 400 g/mol. The Morgan fingerprint density at radius 2 is 1.90 bits per heavy atom. The maximum Gasteiger partial charge on any atom is 0.251 e. The molecule has 2 N–H and O–H groups in total. The zero-order chi connectivity index (χ0) is 21.3. The van der Waals surface area contributed by atoms with Crippen LogP contribution < -0.4 is 10.0 Å². The minimum absolute atomic E-state index is 0.271. The van der Waals surface area contributed by atoms with Crippen LogP contribution >= 0.6 is 0 Å². The second-order valence-electron chi connectivity index (χ2n) is 7.56. The largest absolute Gasteiger partial charge is 0.346 e. The molecule has 1 aliphatic rings. The summed E-state index contributed by atoms with van der Waals surface area (Å²) >= 11 is 0. The molecule has 0 unspecified atom stereocenters. The van der Waals surface area contributed by atoms with Gasteiger partial charge in [-0.25, -0.2) is 13.1 Å². The first-order valence-corrected chi connectivity index (χ1v) is 11.7. The van der Waals surface area contributed by atoms with E-state index in [4.69, 9.17) is 5.10 Å². The molecule has 156 valence electrons. The van der Waals surface area contributed by atoms with Crippen molar-refractivity contribution >= 4 is 21.6 Å². The third-order valence-corrected chi connectivity index (χ3v) is 5.82. The third-order valence-electron chi connectivity index (χ3n) is 5.23. The van der Waals surface area contributed by atoms with Gasteiger partial charge in [-0.05, 0) is 61.6 Å². The van der Waals surface area contributed by atoms with Crippen LogP contribution in [-0.2, 0) is 29.4 Å². The topological polar surface area (TPSA) is 93.1 Å². The van der Waals surface area contributed by atoms with Crippen LogP contribution in [0.25, 0.3) is 5.69 Å². The van der Waals surface area contributed by atoms with Crippen LogP contribution in [0.4, 0.5) is 5.69 Å². The minimum atomic E-state index is -3.42. The SMILES string of the molecule is Cc1ccc(C(=O)NCc2nn(-c3ccccc3)c3c2CCC3)cc1NS(C)(=O)=O. The number of benzene rings is 2. The van der Waals surface area contributed by atoms with Crippen molar-refractivity contribution in [1.29, 1.82) is 0 Å². The van der Waals surface area contributed by atoms with Gasteiger partial charge in [0.1, 0.15) is 0 Å². The molecule has 0 saturated heterocycles. The van der Waals surface area contributed by atoms with Gasteiger partial charge in [0.15, 0.2) is 0 Å². The van der Waals surface area contributed by atoms with Crippen molar-refractivity contribution in [2.45, 2.75) is 32.7 Å². The number of nitrogens with one attached hydrogen (secondary N) is 2. The number of aryl methyl sites for hydroxylation is 1. The van der Waals surface area contributed by atoms with Crippen molar-refractivity contribution in [3.63, 3.8) is 0 Å². The first kappa shape index (κ1) is 20.2. The van der Waals surface area contributed by atoms with E-state index < -0.39 is 10.0 Å². The van der Waals surface area contributed by atoms with Crippen molar-refractivity contribution in [3.05, 3.63) is 76.6 Å². The van der Waals surface area contributed by atoms with Gasteiger partial charge in [0.05, 0.1) is 29.9 Å². The van der Waals surface area contributed by atoms with E-state index in [-0.39, 0.29) is 5.91 Å². The van der Waals surface area contributed by atoms with Crippen LogP contribution in [0, 0.1) is 6.92 Å². The van der Waals surface area contributed by atoms with E-state index in [1.165, 1.54) is 11.3 Å². The van der Waals surface area contributed by atoms with E-state index in [2.05, 4.69) is 10.0 Å². The fourth-order valence-electron chi connectivity index (χ4n) is 3.78. The van der Waals surface area contributed by atoms with Crippen molar-refractivity contribution in [3.8, 4) is 5.69 Å². The number of carbonyl (C=O) groups is 1. The van der Waals surface area contributed by atoms with Crippen molar-refractivity contribution in [2.75, 3.05) is 11.0 Å². The highest BCUT2D eigenvalue weighted by Crippen LogP contribution is 2.28. The van der Waals surface area contributed by atoms with Gasteiger partial charge in [0.2, 0.25) is 10.0 Å². The Hall–Kier alpha value is -3.13. The second kappa shape index (κ2) is 7.95. The summed E-state index contributed by atoms with van der Waals surface area (Å²) in [5, 5.41) is 7.69. The Balaban J connectivity index is 1.53. The Morgan fingerprint density at radius 1 is 1.13 bits per heavy atom. The van der Waals surface area contributed by atoms with Gasteiger partial charge in [-0.15, -0.1) is 0 Å². The fourth-order valence-corrected chi connectivity index (χ4v) is 4.40. The molecule has 7 nitrogen and oxygen atoms in total. The lowest BCUT2D eigenvalue weighted by Gasteiger charge is -2.10. The number of hydrogen-bond acceptors (Lipinski definition) is 4. The van der Waals surface area contributed by atoms with E-state index in [0.717, 1.165) is 42.5 Å². The van der Waals surface area contributed by atoms with Gasteiger partial charge in [-0.1, -0.05) is 24.3 Å². The van der Waals surface area contributed by atoms with E-state index in [0.29, 0.717) is 17.8 Å². The highest BCUT2D eigenvalue weighted by atomic mass is 32.2. The number of hydrogen-bond donors (Lipinski definition) is 2. The summed E-state index contributed by atoms with van der Waals surface area (Å²) in [7, 11) is -3.42. The van der Waals surface area contributed by atoms with Crippen molar-refractivity contribution in [1.82, 2.24) is 15.1 Å². The number of anilines is 1. The monoisotopic (exact) mass is 424 g/mol. The van der Waals surface area contributed by atoms with Gasteiger partial charge in [-0.3, -0.25) is 9.52 Å². The van der Waals surface area contributed by atoms with Crippen LogP contribution in [0.3, 0.4) is 0 Å². The zero-order valence-electron chi connectivity index (χ0n) is 17.0. The van der Waals surface area contributed by atoms with Gasteiger partial charge < -0.3 is 5.32 Å². The lowest BCUT2D eigenvalue weighted by atomic mass is 10.1. The molecule has 0 fully saturated rings. The summed E-state index contributed by atoms with van der Waals surface area (Å²) in [6.45, 7) is 2.11. The minimum Gasteiger partial charge on any atom is -0.346 e. The van der Waals surface area contributed by atoms with Crippen molar-refractivity contribution < 1.29 is 13.2 Å². The Kier molecular flexibility index (Phi) is 5.34. The summed E-state index contributed by atoms with van der Waals surface area (Å²) in [6.07, 6.45) is 4.10. The molecule has 0 saturated carbocycles. The summed E-state index contributed by atoms with van der Waals surface area (Å²) in [5.74, 6) is -0.271. The van der Waals surface area contributed by atoms with E-state index in [9.17, 15) is 13.2 Å². The quantitative estimate of drug-likeness (QED) is 0.636. The highest BCUT2D eigenvalue weighted by Gasteiger charge is 2.23. The summed E-state index contributed by atoms with van der Waals surface area (Å²) in [6, 6.07) is 15.0. The first-order valence-electron chi connectivity index (χ1n) is 9.83. The number of amides is 1. The molecule has 0 radical (unpaired) electrons. The highest BCUT2D eigenvalue weighted by molar-refractivity contribution is 7.92. The molecule has 30 heavy (non-hydrogen) atoms. The summed E-state index contributed by atoms with van der Waals surface area (Å²) in [5.41, 5.74) is 5.86. The lowest BCUT2D eigenvalue weighted by molar-refractivity contribution is 0.0950. The number of sulfonamides is 1. The van der Waals surface area contributed by atoms with E-state index >= 15 is 0 Å². The lowest BCUT2D eigenvalue weighted by Crippen LogP contribution is -2.24. The Morgan fingerprint density at radius 3 is 2.63 bits per heavy atom. The maximum atomic E-state index is 12.7. The van der Waals surface area contributed by atoms with Crippen LogP contribution in [0.5, 0.6) is 0 Å². The number of aromatic nitrogens is 2. The molecule has 0 atom stereocenters. The van der Waals surface area contributed by atoms with Gasteiger partial charge >= 0.3 is 0 Å². The molecule has 8 heteroatoms. The van der Waals surface area contributed by atoms with E-state index in [1.54, 1.807) is 25.1 Å². The molecule has 2 aromatic carbocycles. The molecular formula is C22H24N4O3S. The molecule has 1 aliphatic carbocycles. The fraction of sp³-hybridized carbons (Fsp3) is 0.273. The average molecular weight is 425 g/mol. The molecule has 1 heterocycles. The normalized spacial score (nSPS) is 13.1. The maximum absolute atomic E-state index is 12.7. The van der Waals surface area contributed by atoms with Gasteiger partial charge in [0, 0.05) is 11.3 Å². The van der Waals surface area contributed by atoms with E-state index in [1.807, 2.05) is 35.0 Å². The predicted octanol–water partition coefficient (Wildman–Crippen LogP) is 2.97. The smallest absolute Gasteiger partial charge is 0.251 e. The van der Waals surface area contributed by atoms with Crippen molar-refractivity contribution in [2.24, 2.45) is 0 Å². The second-order valence-corrected chi connectivity index (χ2v) is 9.31. The van der Waals surface area contributed by atoms with Crippen LogP contribution in [0.2, 0.25) is 0 Å². The number of para-hydroxylation sites is 1. The Labute approximate surface area is 176 Å². The molecule has 4 rings (SSSR count). The number of carbonyl (C=O) groups excluding carboxylic acids is 1. The molecule has 3 aromatic rings. The predicted molar refractivity (Wildman–Crippen MR) is 116 cm³/mol. The third kappa shape index (κ3) is 4.23. The molecule has 1 amide bonds. The number of nitrogens with zero attached hydrogens (tertiary/aromatic N) is 2. The summed E-state index contributed by atoms with van der Waals surface area (Å²) < 4.78 is 27.5. The van der Waals surface area contributed by atoms with Crippen LogP contribution in [0.1, 0.15) is 39.3 Å². The molecule has 1 aromatic heterocycles. The summed E-state index contributed by atoms with van der Waals surface area (Å²) in [4.78, 5) is 12.7. The zero-order valence-corrected chi connectivity index (χ0v) is 17.8. The average Bonchev–Trinajstić information content (AvgIpc) is 3.30. The first-order chi connectivity index (χ1) is 14.3. The van der Waals surface area contributed by atoms with Gasteiger partial charge in [0.25, 0.3) is 5.91 Å². The van der Waals surface area contributed by atoms with Crippen LogP contribution in [0.15, 0.2) is 48.5 Å². The standard InChI is InChI=1S/C22H24N4O3S/c1-15-11-12-16(13-19(15)25-30(2,28)29)22(27)23-14-20-18-9-6-10-21(18)26(24-20)17-7-4-3-5-8-17/h3-5,7-8,11-13,25H,6,9-10,14H2,1-2H3,(H,23,27). The molecule has 0 bridgehead atoms. The molecule has 0 spiro atoms. The molecule has 0 aliphatic heterocycles. The van der Waals surface area contributed by atoms with Gasteiger partial charge in [-0.2, -0.15) is 5.10 Å². The van der Waals surface area contributed by atoms with Crippen LogP contribution in [-0.4, -0.2) is 30.4 Å². The number of rotatable bonds is 6. The number of fused-ring (bicyclic) bond motifs is 1.